The van der Waals surface area contributed by atoms with Crippen LogP contribution in [-0.4, -0.2) is 64.2 Å². The number of carbonyl (C=O) groups is 3. The van der Waals surface area contributed by atoms with E-state index in [0.29, 0.717) is 6.42 Å². The molecule has 0 aromatic rings. The van der Waals surface area contributed by atoms with E-state index in [2.05, 4.69) is 0 Å². The van der Waals surface area contributed by atoms with Crippen molar-refractivity contribution in [2.45, 2.75) is 52.7 Å². The number of amides is 2. The van der Waals surface area contributed by atoms with Gasteiger partial charge in [-0.2, -0.15) is 0 Å². The van der Waals surface area contributed by atoms with E-state index in [1.54, 1.807) is 20.8 Å². The van der Waals surface area contributed by atoms with Crippen molar-refractivity contribution in [2.75, 3.05) is 19.6 Å². The predicted octanol–water partition coefficient (Wildman–Crippen LogP) is 1.56. The van der Waals surface area contributed by atoms with Gasteiger partial charge in [-0.25, -0.2) is 9.59 Å². The summed E-state index contributed by atoms with van der Waals surface area (Å²) in [6.07, 6.45) is 0.118. The molecule has 7 nitrogen and oxygen atoms in total. The molecular formula is C15H26N2O5. The Morgan fingerprint density at radius 1 is 1.32 bits per heavy atom. The summed E-state index contributed by atoms with van der Waals surface area (Å²) in [6, 6.07) is -0.849. The first-order valence-corrected chi connectivity index (χ1v) is 7.57. The fourth-order valence-corrected chi connectivity index (χ4v) is 2.37. The fourth-order valence-electron chi connectivity index (χ4n) is 2.37. The van der Waals surface area contributed by atoms with Crippen molar-refractivity contribution in [1.82, 2.24) is 9.80 Å². The maximum atomic E-state index is 12.3. The average Bonchev–Trinajstić information content (AvgIpc) is 2.38. The monoisotopic (exact) mass is 314 g/mol. The zero-order chi connectivity index (χ0) is 17.1. The second-order valence-corrected chi connectivity index (χ2v) is 6.66. The summed E-state index contributed by atoms with van der Waals surface area (Å²) >= 11 is 0. The minimum Gasteiger partial charge on any atom is -0.480 e. The molecule has 2 atom stereocenters. The SMILES string of the molecule is CCC(C)C(C(=O)O)N1CCN(C(=O)OC(C)(C)C)CC1=O. The van der Waals surface area contributed by atoms with E-state index in [1.165, 1.54) is 9.80 Å². The first-order chi connectivity index (χ1) is 10.1. The molecule has 0 spiro atoms. The number of carboxylic acids is 1. The Labute approximate surface area is 131 Å². The van der Waals surface area contributed by atoms with Crippen LogP contribution in [0, 0.1) is 5.92 Å². The van der Waals surface area contributed by atoms with Crippen molar-refractivity contribution in [2.24, 2.45) is 5.92 Å². The summed E-state index contributed by atoms with van der Waals surface area (Å²) in [5, 5.41) is 9.37. The molecule has 1 rings (SSSR count). The largest absolute Gasteiger partial charge is 0.480 e. The Morgan fingerprint density at radius 3 is 2.32 bits per heavy atom. The Bertz CT molecular complexity index is 444. The number of nitrogens with zero attached hydrogens (tertiary/aromatic N) is 2. The van der Waals surface area contributed by atoms with Crippen LogP contribution in [0.3, 0.4) is 0 Å². The van der Waals surface area contributed by atoms with E-state index >= 15 is 0 Å². The highest BCUT2D eigenvalue weighted by molar-refractivity contribution is 5.88. The summed E-state index contributed by atoms with van der Waals surface area (Å²) in [4.78, 5) is 38.4. The standard InChI is InChI=1S/C15H26N2O5/c1-6-10(2)12(13(19)20)17-8-7-16(9-11(17)18)14(21)22-15(3,4)5/h10,12H,6-9H2,1-5H3,(H,19,20). The summed E-state index contributed by atoms with van der Waals surface area (Å²) in [7, 11) is 0. The molecule has 0 aromatic heterocycles. The van der Waals surface area contributed by atoms with Gasteiger partial charge < -0.3 is 14.7 Å². The summed E-state index contributed by atoms with van der Waals surface area (Å²) in [6.45, 7) is 9.31. The summed E-state index contributed by atoms with van der Waals surface area (Å²) < 4.78 is 5.24. The number of piperazine rings is 1. The molecule has 7 heteroatoms. The molecule has 22 heavy (non-hydrogen) atoms. The van der Waals surface area contributed by atoms with E-state index in [4.69, 9.17) is 4.74 Å². The van der Waals surface area contributed by atoms with Gasteiger partial charge in [-0.1, -0.05) is 20.3 Å². The third-order valence-electron chi connectivity index (χ3n) is 3.68. The van der Waals surface area contributed by atoms with E-state index in [-0.39, 0.29) is 31.5 Å². The molecule has 1 aliphatic heterocycles. The number of hydrogen-bond donors (Lipinski definition) is 1. The van der Waals surface area contributed by atoms with Gasteiger partial charge in [0, 0.05) is 13.1 Å². The van der Waals surface area contributed by atoms with E-state index < -0.39 is 23.7 Å². The smallest absolute Gasteiger partial charge is 0.410 e. The van der Waals surface area contributed by atoms with E-state index in [0.717, 1.165) is 0 Å². The third kappa shape index (κ3) is 4.61. The van der Waals surface area contributed by atoms with Crippen molar-refractivity contribution in [3.63, 3.8) is 0 Å². The maximum Gasteiger partial charge on any atom is 0.410 e. The molecular weight excluding hydrogens is 288 g/mol. The molecule has 0 aromatic carbocycles. The van der Waals surface area contributed by atoms with Crippen LogP contribution in [0.4, 0.5) is 4.79 Å². The fraction of sp³-hybridized carbons (Fsp3) is 0.800. The minimum absolute atomic E-state index is 0.144. The molecule has 1 N–H and O–H groups in total. The number of carboxylic acid groups (broad SMARTS) is 1. The Morgan fingerprint density at radius 2 is 1.91 bits per heavy atom. The van der Waals surface area contributed by atoms with Gasteiger partial charge in [0.05, 0.1) is 0 Å². The van der Waals surface area contributed by atoms with Crippen molar-refractivity contribution in [1.29, 1.82) is 0 Å². The van der Waals surface area contributed by atoms with Crippen molar-refractivity contribution < 1.29 is 24.2 Å². The number of carbonyl (C=O) groups excluding carboxylic acids is 2. The molecule has 1 fully saturated rings. The van der Waals surface area contributed by atoms with Crippen LogP contribution in [0.5, 0.6) is 0 Å². The average molecular weight is 314 g/mol. The Kier molecular flexibility index (Phi) is 5.79. The highest BCUT2D eigenvalue weighted by Crippen LogP contribution is 2.19. The zero-order valence-corrected chi connectivity index (χ0v) is 14.0. The molecule has 0 aliphatic carbocycles. The molecule has 0 radical (unpaired) electrons. The topological polar surface area (TPSA) is 87.2 Å². The molecule has 1 saturated heterocycles. The van der Waals surface area contributed by atoms with E-state index in [9.17, 15) is 19.5 Å². The van der Waals surface area contributed by atoms with Crippen molar-refractivity contribution in [3.05, 3.63) is 0 Å². The highest BCUT2D eigenvalue weighted by atomic mass is 16.6. The van der Waals surface area contributed by atoms with Gasteiger partial charge in [0.15, 0.2) is 0 Å². The lowest BCUT2D eigenvalue weighted by Gasteiger charge is -2.39. The van der Waals surface area contributed by atoms with Crippen LogP contribution in [0.15, 0.2) is 0 Å². The molecule has 0 bridgehead atoms. The zero-order valence-electron chi connectivity index (χ0n) is 14.0. The predicted molar refractivity (Wildman–Crippen MR) is 80.4 cm³/mol. The first kappa shape index (κ1) is 18.3. The second kappa shape index (κ2) is 6.98. The number of rotatable bonds is 4. The molecule has 2 amide bonds. The van der Waals surface area contributed by atoms with Gasteiger partial charge in [-0.05, 0) is 26.7 Å². The molecule has 0 saturated carbocycles. The van der Waals surface area contributed by atoms with E-state index in [1.807, 2.05) is 13.8 Å². The number of hydrogen-bond acceptors (Lipinski definition) is 4. The highest BCUT2D eigenvalue weighted by Gasteiger charge is 2.38. The van der Waals surface area contributed by atoms with Gasteiger partial charge in [-0.3, -0.25) is 9.69 Å². The second-order valence-electron chi connectivity index (χ2n) is 6.66. The normalized spacial score (nSPS) is 18.9. The molecule has 2 unspecified atom stereocenters. The number of ether oxygens (including phenoxy) is 1. The molecule has 126 valence electrons. The van der Waals surface area contributed by atoms with Crippen LogP contribution in [0.25, 0.3) is 0 Å². The quantitative estimate of drug-likeness (QED) is 0.851. The lowest BCUT2D eigenvalue weighted by Crippen LogP contribution is -2.59. The summed E-state index contributed by atoms with van der Waals surface area (Å²) in [5.74, 6) is -1.51. The minimum atomic E-state index is -1.01. The van der Waals surface area contributed by atoms with Gasteiger partial charge in [0.25, 0.3) is 0 Å². The Hall–Kier alpha value is -1.79. The lowest BCUT2D eigenvalue weighted by atomic mass is 9.97. The Balaban J connectivity index is 2.75. The van der Waals surface area contributed by atoms with Gasteiger partial charge in [-0.15, -0.1) is 0 Å². The lowest BCUT2D eigenvalue weighted by molar-refractivity contribution is -0.155. The van der Waals surface area contributed by atoms with Crippen molar-refractivity contribution in [3.8, 4) is 0 Å². The van der Waals surface area contributed by atoms with Gasteiger partial charge >= 0.3 is 12.1 Å². The summed E-state index contributed by atoms with van der Waals surface area (Å²) in [5.41, 5.74) is -0.627. The van der Waals surface area contributed by atoms with Gasteiger partial charge in [0.2, 0.25) is 5.91 Å². The van der Waals surface area contributed by atoms with Crippen LogP contribution >= 0.6 is 0 Å². The third-order valence-corrected chi connectivity index (χ3v) is 3.68. The van der Waals surface area contributed by atoms with Crippen molar-refractivity contribution >= 4 is 18.0 Å². The maximum absolute atomic E-state index is 12.3. The van der Waals surface area contributed by atoms with Crippen LogP contribution < -0.4 is 0 Å². The first-order valence-electron chi connectivity index (χ1n) is 7.57. The van der Waals surface area contributed by atoms with Crippen LogP contribution in [0.1, 0.15) is 41.0 Å². The molecule has 1 heterocycles. The van der Waals surface area contributed by atoms with Crippen LogP contribution in [-0.2, 0) is 14.3 Å². The van der Waals surface area contributed by atoms with Crippen LogP contribution in [0.2, 0.25) is 0 Å². The van der Waals surface area contributed by atoms with Gasteiger partial charge in [0.1, 0.15) is 18.2 Å². The number of aliphatic carboxylic acids is 1. The molecule has 1 aliphatic rings.